The van der Waals surface area contributed by atoms with E-state index in [-0.39, 0.29) is 18.3 Å². The highest BCUT2D eigenvalue weighted by atomic mass is 79.9. The second kappa shape index (κ2) is 6.24. The van der Waals surface area contributed by atoms with E-state index in [0.29, 0.717) is 26.4 Å². The minimum atomic E-state index is -0.357. The molecule has 20 heavy (non-hydrogen) atoms. The van der Waals surface area contributed by atoms with E-state index in [1.165, 1.54) is 6.07 Å². The fourth-order valence-electron chi connectivity index (χ4n) is 1.65. The number of hydrogen-bond donors (Lipinski definition) is 2. The molecule has 2 rings (SSSR count). The van der Waals surface area contributed by atoms with Crippen molar-refractivity contribution in [2.75, 3.05) is 0 Å². The number of nitrogens with one attached hydrogen (secondary N) is 1. The van der Waals surface area contributed by atoms with Gasteiger partial charge in [0.05, 0.1) is 10.0 Å². The Morgan fingerprint density at radius 3 is 2.80 bits per heavy atom. The molecule has 0 amide bonds. The minimum absolute atomic E-state index is 0.116. The molecule has 2 aromatic carbocycles. The van der Waals surface area contributed by atoms with Crippen LogP contribution in [0.15, 0.2) is 40.9 Å². The van der Waals surface area contributed by atoms with E-state index in [4.69, 9.17) is 27.5 Å². The van der Waals surface area contributed by atoms with Gasteiger partial charge in [0.1, 0.15) is 24.0 Å². The molecule has 0 aliphatic carbocycles. The molecule has 3 nitrogen and oxygen atoms in total. The largest absolute Gasteiger partial charge is 0.488 e. The van der Waals surface area contributed by atoms with Gasteiger partial charge in [-0.05, 0) is 40.2 Å². The van der Waals surface area contributed by atoms with Crippen molar-refractivity contribution in [3.8, 4) is 5.75 Å². The lowest BCUT2D eigenvalue weighted by atomic mass is 10.2. The van der Waals surface area contributed by atoms with Gasteiger partial charge in [0.25, 0.3) is 0 Å². The molecular formula is C14H11BrClFN2O. The first-order chi connectivity index (χ1) is 9.49. The maximum Gasteiger partial charge on any atom is 0.137 e. The molecule has 104 valence electrons. The zero-order chi connectivity index (χ0) is 14.7. The molecule has 0 saturated heterocycles. The lowest BCUT2D eigenvalue weighted by Gasteiger charge is -2.12. The molecule has 0 heterocycles. The third-order valence-electron chi connectivity index (χ3n) is 2.65. The molecule has 0 radical (unpaired) electrons. The predicted octanol–water partition coefficient (Wildman–Crippen LogP) is 4.10. The van der Waals surface area contributed by atoms with Crippen LogP contribution in [0.2, 0.25) is 5.02 Å². The van der Waals surface area contributed by atoms with Crippen LogP contribution >= 0.6 is 27.5 Å². The molecule has 0 aliphatic rings. The van der Waals surface area contributed by atoms with Crippen molar-refractivity contribution in [1.82, 2.24) is 0 Å². The SMILES string of the molecule is N=C(N)c1ccc(Cl)cc1OCc1cccc(F)c1Br. The number of hydrogen-bond acceptors (Lipinski definition) is 2. The number of halogens is 3. The molecule has 0 bridgehead atoms. The molecule has 3 N–H and O–H groups in total. The highest BCUT2D eigenvalue weighted by molar-refractivity contribution is 9.10. The van der Waals surface area contributed by atoms with Gasteiger partial charge in [0.15, 0.2) is 0 Å². The van der Waals surface area contributed by atoms with Gasteiger partial charge in [-0.2, -0.15) is 0 Å². The Kier molecular flexibility index (Phi) is 4.62. The third kappa shape index (κ3) is 3.29. The molecule has 0 aliphatic heterocycles. The van der Waals surface area contributed by atoms with Crippen LogP contribution in [0.3, 0.4) is 0 Å². The van der Waals surface area contributed by atoms with E-state index in [1.54, 1.807) is 30.3 Å². The van der Waals surface area contributed by atoms with Gasteiger partial charge < -0.3 is 10.5 Å². The van der Waals surface area contributed by atoms with Gasteiger partial charge in [-0.3, -0.25) is 5.41 Å². The van der Waals surface area contributed by atoms with E-state index in [9.17, 15) is 4.39 Å². The number of nitrogens with two attached hydrogens (primary N) is 1. The summed E-state index contributed by atoms with van der Waals surface area (Å²) in [6.07, 6.45) is 0. The van der Waals surface area contributed by atoms with Crippen LogP contribution in [-0.2, 0) is 6.61 Å². The van der Waals surface area contributed by atoms with Crippen LogP contribution in [0.5, 0.6) is 5.75 Å². The summed E-state index contributed by atoms with van der Waals surface area (Å²) >= 11 is 9.07. The lowest BCUT2D eigenvalue weighted by molar-refractivity contribution is 0.304. The molecule has 6 heteroatoms. The van der Waals surface area contributed by atoms with E-state index in [1.807, 2.05) is 0 Å². The summed E-state index contributed by atoms with van der Waals surface area (Å²) in [5, 5.41) is 7.97. The summed E-state index contributed by atoms with van der Waals surface area (Å²) in [4.78, 5) is 0. The fourth-order valence-corrected chi connectivity index (χ4v) is 2.19. The Morgan fingerprint density at radius 1 is 1.35 bits per heavy atom. The molecule has 0 saturated carbocycles. The Bertz CT molecular complexity index is 664. The van der Waals surface area contributed by atoms with E-state index >= 15 is 0 Å². The summed E-state index contributed by atoms with van der Waals surface area (Å²) in [5.41, 5.74) is 6.58. The number of ether oxygens (including phenoxy) is 1. The van der Waals surface area contributed by atoms with Crippen molar-refractivity contribution in [3.05, 3.63) is 62.8 Å². The summed E-state index contributed by atoms with van der Waals surface area (Å²) < 4.78 is 19.4. The van der Waals surface area contributed by atoms with Crippen LogP contribution in [0, 0.1) is 11.2 Å². The monoisotopic (exact) mass is 356 g/mol. The van der Waals surface area contributed by atoms with Crippen LogP contribution < -0.4 is 10.5 Å². The standard InChI is InChI=1S/C14H11BrClFN2O/c15-13-8(2-1-3-11(13)17)7-20-12-6-9(16)4-5-10(12)14(18)19/h1-6H,7H2,(H3,18,19). The van der Waals surface area contributed by atoms with Crippen molar-refractivity contribution in [1.29, 1.82) is 5.41 Å². The Balaban J connectivity index is 2.24. The first-order valence-electron chi connectivity index (χ1n) is 5.68. The highest BCUT2D eigenvalue weighted by Crippen LogP contribution is 2.26. The van der Waals surface area contributed by atoms with Crippen molar-refractivity contribution in [2.24, 2.45) is 5.73 Å². The van der Waals surface area contributed by atoms with Gasteiger partial charge in [0.2, 0.25) is 0 Å². The van der Waals surface area contributed by atoms with Gasteiger partial charge >= 0.3 is 0 Å². The second-order valence-corrected chi connectivity index (χ2v) is 5.29. The summed E-state index contributed by atoms with van der Waals surface area (Å²) in [7, 11) is 0. The Labute approximate surface area is 129 Å². The smallest absolute Gasteiger partial charge is 0.137 e. The van der Waals surface area contributed by atoms with Crippen molar-refractivity contribution < 1.29 is 9.13 Å². The zero-order valence-electron chi connectivity index (χ0n) is 10.3. The first-order valence-corrected chi connectivity index (χ1v) is 6.85. The van der Waals surface area contributed by atoms with Crippen molar-refractivity contribution >= 4 is 33.4 Å². The summed E-state index contributed by atoms with van der Waals surface area (Å²) in [6.45, 7) is 0.138. The van der Waals surface area contributed by atoms with Crippen molar-refractivity contribution in [2.45, 2.75) is 6.61 Å². The molecule has 2 aromatic rings. The Hall–Kier alpha value is -1.59. The van der Waals surface area contributed by atoms with E-state index in [2.05, 4.69) is 15.9 Å². The van der Waals surface area contributed by atoms with Crippen LogP contribution in [0.25, 0.3) is 0 Å². The molecule has 0 fully saturated rings. The van der Waals surface area contributed by atoms with Crippen molar-refractivity contribution in [3.63, 3.8) is 0 Å². The highest BCUT2D eigenvalue weighted by Gasteiger charge is 2.10. The Morgan fingerprint density at radius 2 is 2.10 bits per heavy atom. The minimum Gasteiger partial charge on any atom is -0.488 e. The summed E-state index contributed by atoms with van der Waals surface area (Å²) in [6, 6.07) is 9.51. The maximum atomic E-state index is 13.4. The molecule has 0 spiro atoms. The van der Waals surface area contributed by atoms with Crippen LogP contribution in [0.4, 0.5) is 4.39 Å². The average molecular weight is 358 g/mol. The van der Waals surface area contributed by atoms with Gasteiger partial charge in [-0.1, -0.05) is 23.7 Å². The quantitative estimate of drug-likeness (QED) is 0.639. The van der Waals surface area contributed by atoms with E-state index in [0.717, 1.165) is 0 Å². The second-order valence-electron chi connectivity index (χ2n) is 4.06. The topological polar surface area (TPSA) is 59.1 Å². The number of benzene rings is 2. The van der Waals surface area contributed by atoms with Gasteiger partial charge in [0, 0.05) is 10.6 Å². The maximum absolute atomic E-state index is 13.4. The molecular weight excluding hydrogens is 347 g/mol. The van der Waals surface area contributed by atoms with Gasteiger partial charge in [-0.25, -0.2) is 4.39 Å². The number of nitrogen functional groups attached to an aromatic ring is 1. The fraction of sp³-hybridized carbons (Fsp3) is 0.0714. The van der Waals surface area contributed by atoms with Crippen LogP contribution in [0.1, 0.15) is 11.1 Å². The lowest BCUT2D eigenvalue weighted by Crippen LogP contribution is -2.13. The predicted molar refractivity (Wildman–Crippen MR) is 80.9 cm³/mol. The van der Waals surface area contributed by atoms with Gasteiger partial charge in [-0.15, -0.1) is 0 Å². The normalized spacial score (nSPS) is 10.3. The number of amidine groups is 1. The average Bonchev–Trinajstić information content (AvgIpc) is 2.40. The zero-order valence-corrected chi connectivity index (χ0v) is 12.6. The van der Waals surface area contributed by atoms with Crippen LogP contribution in [-0.4, -0.2) is 5.84 Å². The molecule has 0 aromatic heterocycles. The molecule has 0 atom stereocenters. The summed E-state index contributed by atoms with van der Waals surface area (Å²) in [5.74, 6) is -0.0832. The number of rotatable bonds is 4. The third-order valence-corrected chi connectivity index (χ3v) is 3.77. The first kappa shape index (κ1) is 14.8. The molecule has 0 unspecified atom stereocenters. The van der Waals surface area contributed by atoms with E-state index < -0.39 is 0 Å².